The maximum atomic E-state index is 12.1. The summed E-state index contributed by atoms with van der Waals surface area (Å²) in [6.07, 6.45) is 5.82. The molecule has 1 aromatic rings. The number of rotatable bonds is 6. The quantitative estimate of drug-likeness (QED) is 0.686. The molecule has 2 heterocycles. The van der Waals surface area contributed by atoms with Gasteiger partial charge in [-0.05, 0) is 43.5 Å². The van der Waals surface area contributed by atoms with Gasteiger partial charge in [-0.15, -0.1) is 0 Å². The fraction of sp³-hybridized carbons (Fsp3) is 0.600. The van der Waals surface area contributed by atoms with E-state index in [1.54, 1.807) is 12.4 Å². The molecule has 0 aromatic carbocycles. The molecule has 6 nitrogen and oxygen atoms in total. The lowest BCUT2D eigenvalue weighted by Gasteiger charge is -2.36. The number of carbonyl (C=O) groups excluding carboxylic acids is 1. The lowest BCUT2D eigenvalue weighted by Crippen LogP contribution is -2.51. The molecule has 3 atom stereocenters. The van der Waals surface area contributed by atoms with E-state index in [2.05, 4.69) is 10.3 Å². The standard InChI is InChI=1S/C15H23N3O3/c16-6-3-12-1-2-13(14(10-19)21-12)18-15(20)9-11-4-7-17-8-5-11/h4-5,7-8,12-14,19H,1-3,6,9-10,16H2,(H,18,20)/t12-,13-,14+/m1/s1. The van der Waals surface area contributed by atoms with Gasteiger partial charge >= 0.3 is 0 Å². The Hall–Kier alpha value is -1.50. The van der Waals surface area contributed by atoms with Crippen LogP contribution < -0.4 is 11.1 Å². The number of pyridine rings is 1. The Morgan fingerprint density at radius 2 is 2.19 bits per heavy atom. The van der Waals surface area contributed by atoms with E-state index in [-0.39, 0.29) is 30.8 Å². The van der Waals surface area contributed by atoms with Gasteiger partial charge in [-0.2, -0.15) is 0 Å². The van der Waals surface area contributed by atoms with Crippen LogP contribution in [0.5, 0.6) is 0 Å². The average Bonchev–Trinajstić information content (AvgIpc) is 2.50. The fourth-order valence-corrected chi connectivity index (χ4v) is 2.64. The summed E-state index contributed by atoms with van der Waals surface area (Å²) in [5.41, 5.74) is 6.45. The maximum absolute atomic E-state index is 12.1. The SMILES string of the molecule is NCC[C@H]1CC[C@@H](NC(=O)Cc2ccncc2)[C@H](CO)O1. The molecule has 1 aliphatic rings. The third kappa shape index (κ3) is 4.77. The average molecular weight is 293 g/mol. The summed E-state index contributed by atoms with van der Waals surface area (Å²) < 4.78 is 5.78. The van der Waals surface area contributed by atoms with E-state index in [1.807, 2.05) is 12.1 Å². The third-order valence-electron chi connectivity index (χ3n) is 3.74. The zero-order chi connectivity index (χ0) is 15.1. The van der Waals surface area contributed by atoms with Crippen molar-refractivity contribution in [3.8, 4) is 0 Å². The van der Waals surface area contributed by atoms with Crippen LogP contribution in [0.25, 0.3) is 0 Å². The monoisotopic (exact) mass is 293 g/mol. The summed E-state index contributed by atoms with van der Waals surface area (Å²) in [5, 5.41) is 12.4. The number of nitrogens with zero attached hydrogens (tertiary/aromatic N) is 1. The van der Waals surface area contributed by atoms with E-state index in [9.17, 15) is 9.90 Å². The molecule has 1 fully saturated rings. The Morgan fingerprint density at radius 3 is 2.86 bits per heavy atom. The normalized spacial score (nSPS) is 25.5. The highest BCUT2D eigenvalue weighted by Gasteiger charge is 2.31. The van der Waals surface area contributed by atoms with Gasteiger partial charge in [0.1, 0.15) is 6.10 Å². The van der Waals surface area contributed by atoms with Gasteiger partial charge in [0.05, 0.1) is 25.2 Å². The molecule has 1 aromatic heterocycles. The van der Waals surface area contributed by atoms with Crippen molar-refractivity contribution >= 4 is 5.91 Å². The van der Waals surface area contributed by atoms with Gasteiger partial charge in [-0.3, -0.25) is 9.78 Å². The molecule has 0 spiro atoms. The molecule has 1 saturated heterocycles. The number of hydrogen-bond acceptors (Lipinski definition) is 5. The van der Waals surface area contributed by atoms with Crippen LogP contribution in [0.2, 0.25) is 0 Å². The second kappa shape index (κ2) is 8.07. The summed E-state index contributed by atoms with van der Waals surface area (Å²) in [7, 11) is 0. The van der Waals surface area contributed by atoms with Crippen molar-refractivity contribution in [1.82, 2.24) is 10.3 Å². The van der Waals surface area contributed by atoms with Crippen LogP contribution in [0, 0.1) is 0 Å². The molecule has 0 bridgehead atoms. The lowest BCUT2D eigenvalue weighted by molar-refractivity contribution is -0.127. The Kier molecular flexibility index (Phi) is 6.10. The highest BCUT2D eigenvalue weighted by Crippen LogP contribution is 2.21. The number of aliphatic hydroxyl groups excluding tert-OH is 1. The van der Waals surface area contributed by atoms with Gasteiger partial charge in [0.15, 0.2) is 0 Å². The second-order valence-corrected chi connectivity index (χ2v) is 5.34. The van der Waals surface area contributed by atoms with Gasteiger partial charge in [-0.25, -0.2) is 0 Å². The van der Waals surface area contributed by atoms with Gasteiger partial charge in [-0.1, -0.05) is 0 Å². The largest absolute Gasteiger partial charge is 0.394 e. The highest BCUT2D eigenvalue weighted by molar-refractivity contribution is 5.78. The number of ether oxygens (including phenoxy) is 1. The number of nitrogens with two attached hydrogens (primary N) is 1. The summed E-state index contributed by atoms with van der Waals surface area (Å²) in [4.78, 5) is 16.0. The molecule has 6 heteroatoms. The topological polar surface area (TPSA) is 97.5 Å². The summed E-state index contributed by atoms with van der Waals surface area (Å²) >= 11 is 0. The van der Waals surface area contributed by atoms with Crippen LogP contribution in [0.3, 0.4) is 0 Å². The number of nitrogens with one attached hydrogen (secondary N) is 1. The summed E-state index contributed by atoms with van der Waals surface area (Å²) in [6.45, 7) is 0.475. The molecular formula is C15H23N3O3. The van der Waals surface area contributed by atoms with Crippen LogP contribution in [0.1, 0.15) is 24.8 Å². The van der Waals surface area contributed by atoms with Crippen molar-refractivity contribution in [2.24, 2.45) is 5.73 Å². The highest BCUT2D eigenvalue weighted by atomic mass is 16.5. The van der Waals surface area contributed by atoms with Gasteiger partial charge in [0.2, 0.25) is 5.91 Å². The Labute approximate surface area is 124 Å². The number of aliphatic hydroxyl groups is 1. The second-order valence-electron chi connectivity index (χ2n) is 5.34. The molecule has 0 aliphatic carbocycles. The zero-order valence-corrected chi connectivity index (χ0v) is 12.1. The Bertz CT molecular complexity index is 441. The first-order valence-corrected chi connectivity index (χ1v) is 7.37. The van der Waals surface area contributed by atoms with E-state index < -0.39 is 0 Å². The number of amides is 1. The van der Waals surface area contributed by atoms with E-state index in [4.69, 9.17) is 10.5 Å². The van der Waals surface area contributed by atoms with Crippen molar-refractivity contribution < 1.29 is 14.6 Å². The predicted molar refractivity (Wildman–Crippen MR) is 78.5 cm³/mol. The summed E-state index contributed by atoms with van der Waals surface area (Å²) in [6, 6.07) is 3.49. The smallest absolute Gasteiger partial charge is 0.224 e. The first-order valence-electron chi connectivity index (χ1n) is 7.37. The number of hydrogen-bond donors (Lipinski definition) is 3. The van der Waals surface area contributed by atoms with Crippen molar-refractivity contribution in [2.75, 3.05) is 13.2 Å². The minimum atomic E-state index is -0.350. The zero-order valence-electron chi connectivity index (χ0n) is 12.1. The van der Waals surface area contributed by atoms with Crippen molar-refractivity contribution in [1.29, 1.82) is 0 Å². The van der Waals surface area contributed by atoms with Gasteiger partial charge < -0.3 is 20.9 Å². The lowest BCUT2D eigenvalue weighted by atomic mass is 9.97. The van der Waals surface area contributed by atoms with Crippen LogP contribution in [-0.4, -0.2) is 47.4 Å². The molecule has 116 valence electrons. The summed E-state index contributed by atoms with van der Waals surface area (Å²) in [5.74, 6) is -0.0643. The first kappa shape index (κ1) is 15.9. The number of carbonyl (C=O) groups is 1. The fourth-order valence-electron chi connectivity index (χ4n) is 2.64. The Balaban J connectivity index is 1.85. The van der Waals surface area contributed by atoms with Crippen LogP contribution in [0.15, 0.2) is 24.5 Å². The van der Waals surface area contributed by atoms with Crippen LogP contribution in [0.4, 0.5) is 0 Å². The first-order chi connectivity index (χ1) is 10.2. The molecule has 21 heavy (non-hydrogen) atoms. The molecule has 0 unspecified atom stereocenters. The molecule has 4 N–H and O–H groups in total. The Morgan fingerprint density at radius 1 is 1.43 bits per heavy atom. The van der Waals surface area contributed by atoms with E-state index in [0.717, 1.165) is 24.8 Å². The molecule has 1 aliphatic heterocycles. The van der Waals surface area contributed by atoms with Crippen molar-refractivity contribution in [3.63, 3.8) is 0 Å². The molecular weight excluding hydrogens is 270 g/mol. The predicted octanol–water partition coefficient (Wildman–Crippen LogP) is -0.00240. The van der Waals surface area contributed by atoms with E-state index >= 15 is 0 Å². The number of aromatic nitrogens is 1. The molecule has 2 rings (SSSR count). The third-order valence-corrected chi connectivity index (χ3v) is 3.74. The van der Waals surface area contributed by atoms with Crippen LogP contribution in [-0.2, 0) is 16.0 Å². The minimum Gasteiger partial charge on any atom is -0.394 e. The van der Waals surface area contributed by atoms with Gasteiger partial charge in [0, 0.05) is 12.4 Å². The van der Waals surface area contributed by atoms with Crippen LogP contribution >= 0.6 is 0 Å². The van der Waals surface area contributed by atoms with Crippen molar-refractivity contribution in [3.05, 3.63) is 30.1 Å². The molecule has 0 saturated carbocycles. The molecule has 0 radical (unpaired) electrons. The van der Waals surface area contributed by atoms with E-state index in [1.165, 1.54) is 0 Å². The maximum Gasteiger partial charge on any atom is 0.224 e. The molecule has 1 amide bonds. The minimum absolute atomic E-state index is 0.0643. The van der Waals surface area contributed by atoms with E-state index in [0.29, 0.717) is 13.0 Å². The van der Waals surface area contributed by atoms with Gasteiger partial charge in [0.25, 0.3) is 0 Å². The van der Waals surface area contributed by atoms with Crippen molar-refractivity contribution in [2.45, 2.75) is 43.9 Å².